The van der Waals surface area contributed by atoms with E-state index < -0.39 is 0 Å². The lowest BCUT2D eigenvalue weighted by Gasteiger charge is -2.01. The maximum Gasteiger partial charge on any atom is 0.0345 e. The van der Waals surface area contributed by atoms with Crippen molar-refractivity contribution in [1.29, 1.82) is 0 Å². The standard InChI is InChI=1S/C12H16N2S/c13-6-8-14-7-5-10-9-15-12-4-2-1-3-11(10)12/h1-4,9,14H,5-8,13H2. The fraction of sp³-hybridized carbons (Fsp3) is 0.333. The Balaban J connectivity index is 2.02. The number of nitrogens with one attached hydrogen (secondary N) is 1. The van der Waals surface area contributed by atoms with Gasteiger partial charge in [-0.2, -0.15) is 0 Å². The number of fused-ring (bicyclic) bond motifs is 1. The third kappa shape index (κ3) is 2.56. The Labute approximate surface area is 94.1 Å². The van der Waals surface area contributed by atoms with E-state index in [2.05, 4.69) is 35.0 Å². The van der Waals surface area contributed by atoms with Crippen LogP contribution in [0.2, 0.25) is 0 Å². The minimum absolute atomic E-state index is 0.713. The van der Waals surface area contributed by atoms with Gasteiger partial charge in [0.15, 0.2) is 0 Å². The minimum atomic E-state index is 0.713. The van der Waals surface area contributed by atoms with Gasteiger partial charge < -0.3 is 11.1 Å². The van der Waals surface area contributed by atoms with E-state index >= 15 is 0 Å². The zero-order valence-corrected chi connectivity index (χ0v) is 9.52. The van der Waals surface area contributed by atoms with Crippen LogP contribution in [0.25, 0.3) is 10.1 Å². The number of nitrogens with two attached hydrogens (primary N) is 1. The van der Waals surface area contributed by atoms with Crippen molar-refractivity contribution >= 4 is 21.4 Å². The van der Waals surface area contributed by atoms with E-state index in [1.807, 2.05) is 11.3 Å². The first-order valence-electron chi connectivity index (χ1n) is 5.27. The highest BCUT2D eigenvalue weighted by atomic mass is 32.1. The van der Waals surface area contributed by atoms with Crippen LogP contribution < -0.4 is 11.1 Å². The molecule has 0 aliphatic heterocycles. The Kier molecular flexibility index (Phi) is 3.72. The van der Waals surface area contributed by atoms with Gasteiger partial charge in [-0.25, -0.2) is 0 Å². The molecule has 1 aromatic heterocycles. The topological polar surface area (TPSA) is 38.0 Å². The molecule has 0 bridgehead atoms. The summed E-state index contributed by atoms with van der Waals surface area (Å²) in [5, 5.41) is 6.98. The van der Waals surface area contributed by atoms with Crippen molar-refractivity contribution < 1.29 is 0 Å². The zero-order valence-electron chi connectivity index (χ0n) is 8.70. The zero-order chi connectivity index (χ0) is 10.5. The van der Waals surface area contributed by atoms with Gasteiger partial charge in [0, 0.05) is 17.8 Å². The lowest BCUT2D eigenvalue weighted by molar-refractivity contribution is 0.691. The van der Waals surface area contributed by atoms with E-state index in [0.717, 1.165) is 19.5 Å². The monoisotopic (exact) mass is 220 g/mol. The van der Waals surface area contributed by atoms with E-state index in [1.165, 1.54) is 15.6 Å². The van der Waals surface area contributed by atoms with Crippen molar-refractivity contribution in [3.63, 3.8) is 0 Å². The number of rotatable bonds is 5. The van der Waals surface area contributed by atoms with Crippen molar-refractivity contribution in [2.45, 2.75) is 6.42 Å². The summed E-state index contributed by atoms with van der Waals surface area (Å²) in [5.41, 5.74) is 6.86. The first kappa shape index (κ1) is 10.6. The molecule has 0 atom stereocenters. The molecule has 2 aromatic rings. The molecule has 1 heterocycles. The molecule has 0 amide bonds. The Morgan fingerprint density at radius 2 is 2.07 bits per heavy atom. The van der Waals surface area contributed by atoms with Gasteiger partial charge in [-0.3, -0.25) is 0 Å². The van der Waals surface area contributed by atoms with Crippen LogP contribution in [0.5, 0.6) is 0 Å². The van der Waals surface area contributed by atoms with Crippen LogP contribution in [0.1, 0.15) is 5.56 Å². The Hall–Kier alpha value is -0.900. The molecule has 1 aromatic carbocycles. The molecule has 0 saturated heterocycles. The van der Waals surface area contributed by atoms with Crippen molar-refractivity contribution in [2.24, 2.45) is 5.73 Å². The van der Waals surface area contributed by atoms with Gasteiger partial charge in [-0.1, -0.05) is 18.2 Å². The molecule has 2 rings (SSSR count). The average Bonchev–Trinajstić information content (AvgIpc) is 2.68. The maximum absolute atomic E-state index is 5.42. The third-order valence-corrected chi connectivity index (χ3v) is 3.47. The fourth-order valence-corrected chi connectivity index (χ4v) is 2.67. The second-order valence-electron chi connectivity index (χ2n) is 3.55. The molecule has 0 spiro atoms. The third-order valence-electron chi connectivity index (χ3n) is 2.45. The predicted octanol–water partition coefficient (Wildman–Crippen LogP) is 1.99. The van der Waals surface area contributed by atoms with Crippen molar-refractivity contribution in [2.75, 3.05) is 19.6 Å². The van der Waals surface area contributed by atoms with E-state index in [1.54, 1.807) is 0 Å². The van der Waals surface area contributed by atoms with Crippen LogP contribution in [0.4, 0.5) is 0 Å². The highest BCUT2D eigenvalue weighted by molar-refractivity contribution is 7.17. The van der Waals surface area contributed by atoms with Crippen LogP contribution >= 0.6 is 11.3 Å². The SMILES string of the molecule is NCCNCCc1csc2ccccc12. The van der Waals surface area contributed by atoms with Gasteiger partial charge in [-0.05, 0) is 35.4 Å². The van der Waals surface area contributed by atoms with E-state index in [4.69, 9.17) is 5.73 Å². The van der Waals surface area contributed by atoms with E-state index in [0.29, 0.717) is 6.54 Å². The average molecular weight is 220 g/mol. The Bertz CT molecular complexity index is 422. The molecule has 3 N–H and O–H groups in total. The molecular weight excluding hydrogens is 204 g/mol. The predicted molar refractivity (Wildman–Crippen MR) is 67.5 cm³/mol. The second kappa shape index (κ2) is 5.26. The summed E-state index contributed by atoms with van der Waals surface area (Å²) >= 11 is 1.83. The molecule has 80 valence electrons. The van der Waals surface area contributed by atoms with Crippen molar-refractivity contribution in [3.8, 4) is 0 Å². The van der Waals surface area contributed by atoms with Crippen molar-refractivity contribution in [3.05, 3.63) is 35.2 Å². The minimum Gasteiger partial charge on any atom is -0.329 e. The Morgan fingerprint density at radius 3 is 2.93 bits per heavy atom. The molecule has 0 radical (unpaired) electrons. The lowest BCUT2D eigenvalue weighted by atomic mass is 10.1. The number of hydrogen-bond acceptors (Lipinski definition) is 3. The van der Waals surface area contributed by atoms with Crippen LogP contribution in [-0.4, -0.2) is 19.6 Å². The molecule has 0 aliphatic carbocycles. The number of thiophene rings is 1. The van der Waals surface area contributed by atoms with E-state index in [9.17, 15) is 0 Å². The van der Waals surface area contributed by atoms with Gasteiger partial charge >= 0.3 is 0 Å². The second-order valence-corrected chi connectivity index (χ2v) is 4.46. The van der Waals surface area contributed by atoms with Gasteiger partial charge in [0.25, 0.3) is 0 Å². The maximum atomic E-state index is 5.42. The first-order valence-corrected chi connectivity index (χ1v) is 6.15. The molecule has 0 fully saturated rings. The lowest BCUT2D eigenvalue weighted by Crippen LogP contribution is -2.24. The Morgan fingerprint density at radius 1 is 1.20 bits per heavy atom. The molecule has 15 heavy (non-hydrogen) atoms. The highest BCUT2D eigenvalue weighted by Crippen LogP contribution is 2.25. The molecule has 2 nitrogen and oxygen atoms in total. The molecule has 3 heteroatoms. The molecular formula is C12H16N2S. The van der Waals surface area contributed by atoms with Crippen LogP contribution in [0, 0.1) is 0 Å². The summed E-state index contributed by atoms with van der Waals surface area (Å²) in [7, 11) is 0. The van der Waals surface area contributed by atoms with Gasteiger partial charge in [0.05, 0.1) is 0 Å². The van der Waals surface area contributed by atoms with E-state index in [-0.39, 0.29) is 0 Å². The summed E-state index contributed by atoms with van der Waals surface area (Å²) in [6, 6.07) is 8.57. The van der Waals surface area contributed by atoms with Gasteiger partial charge in [-0.15, -0.1) is 11.3 Å². The van der Waals surface area contributed by atoms with Gasteiger partial charge in [0.2, 0.25) is 0 Å². The quantitative estimate of drug-likeness (QED) is 0.756. The molecule has 0 aliphatic rings. The van der Waals surface area contributed by atoms with Crippen LogP contribution in [0.15, 0.2) is 29.6 Å². The van der Waals surface area contributed by atoms with Crippen LogP contribution in [-0.2, 0) is 6.42 Å². The normalized spacial score (nSPS) is 11.0. The van der Waals surface area contributed by atoms with Gasteiger partial charge in [0.1, 0.15) is 0 Å². The molecule has 0 saturated carbocycles. The highest BCUT2D eigenvalue weighted by Gasteiger charge is 2.01. The smallest absolute Gasteiger partial charge is 0.0345 e. The first-order chi connectivity index (χ1) is 7.42. The number of benzene rings is 1. The fourth-order valence-electron chi connectivity index (χ4n) is 1.68. The van der Waals surface area contributed by atoms with Crippen molar-refractivity contribution in [1.82, 2.24) is 5.32 Å². The summed E-state index contributed by atoms with van der Waals surface area (Å²) in [4.78, 5) is 0. The molecule has 0 unspecified atom stereocenters. The summed E-state index contributed by atoms with van der Waals surface area (Å²) in [6.07, 6.45) is 1.09. The van der Waals surface area contributed by atoms with Crippen LogP contribution in [0.3, 0.4) is 0 Å². The number of hydrogen-bond donors (Lipinski definition) is 2. The summed E-state index contributed by atoms with van der Waals surface area (Å²) in [6.45, 7) is 2.63. The summed E-state index contributed by atoms with van der Waals surface area (Å²) in [5.74, 6) is 0. The summed E-state index contributed by atoms with van der Waals surface area (Å²) < 4.78 is 1.38. The largest absolute Gasteiger partial charge is 0.329 e.